The van der Waals surface area contributed by atoms with Gasteiger partial charge in [0.2, 0.25) is 15.9 Å². The van der Waals surface area contributed by atoms with Gasteiger partial charge in [0.05, 0.1) is 32.3 Å². The summed E-state index contributed by atoms with van der Waals surface area (Å²) in [6.07, 6.45) is 1.12. The van der Waals surface area contributed by atoms with Gasteiger partial charge >= 0.3 is 0 Å². The molecule has 0 radical (unpaired) electrons. The van der Waals surface area contributed by atoms with Crippen LogP contribution in [0.5, 0.6) is 17.2 Å². The average Bonchev–Trinajstić information content (AvgIpc) is 2.70. The fourth-order valence-corrected chi connectivity index (χ4v) is 3.58. The van der Waals surface area contributed by atoms with E-state index >= 15 is 0 Å². The third-order valence-electron chi connectivity index (χ3n) is 4.13. The van der Waals surface area contributed by atoms with Crippen molar-refractivity contribution in [3.05, 3.63) is 48.0 Å². The maximum Gasteiger partial charge on any atom is 0.241 e. The normalized spacial score (nSPS) is 11.1. The van der Waals surface area contributed by atoms with Gasteiger partial charge < -0.3 is 19.5 Å². The number of nitrogens with one attached hydrogen (secondary N) is 1. The predicted molar refractivity (Wildman–Crippen MR) is 116 cm³/mol. The Morgan fingerprint density at radius 1 is 1.03 bits per heavy atom. The summed E-state index contributed by atoms with van der Waals surface area (Å²) in [6, 6.07) is 12.1. The molecule has 2 aromatic carbocycles. The molecule has 0 bridgehead atoms. The molecule has 9 heteroatoms. The lowest BCUT2D eigenvalue weighted by Gasteiger charge is -2.24. The summed E-state index contributed by atoms with van der Waals surface area (Å²) in [7, 11) is -0.810. The Balaban J connectivity index is 2.10. The number of hydrogen-bond donors (Lipinski definition) is 1. The number of ether oxygens (including phenoxy) is 3. The Morgan fingerprint density at radius 3 is 2.20 bits per heavy atom. The van der Waals surface area contributed by atoms with E-state index in [1.165, 1.54) is 14.2 Å². The maximum atomic E-state index is 12.5. The zero-order valence-corrected chi connectivity index (χ0v) is 18.7. The summed E-state index contributed by atoms with van der Waals surface area (Å²) < 4.78 is 41.7. The Hall–Kier alpha value is -2.94. The molecule has 0 aliphatic rings. The van der Waals surface area contributed by atoms with Gasteiger partial charge in [-0.2, -0.15) is 0 Å². The Kier molecular flexibility index (Phi) is 7.93. The number of rotatable bonds is 10. The summed E-state index contributed by atoms with van der Waals surface area (Å²) in [4.78, 5) is 12.5. The van der Waals surface area contributed by atoms with E-state index in [4.69, 9.17) is 14.2 Å². The molecule has 1 N–H and O–H groups in total. The van der Waals surface area contributed by atoms with E-state index in [9.17, 15) is 13.2 Å². The minimum absolute atomic E-state index is 0.0764. The van der Waals surface area contributed by atoms with E-state index in [2.05, 4.69) is 5.32 Å². The van der Waals surface area contributed by atoms with Crippen LogP contribution in [0.3, 0.4) is 0 Å². The van der Waals surface area contributed by atoms with E-state index in [1.807, 2.05) is 38.1 Å². The Bertz CT molecular complexity index is 958. The summed E-state index contributed by atoms with van der Waals surface area (Å²) in [5.74, 6) is 1.10. The molecule has 30 heavy (non-hydrogen) atoms. The van der Waals surface area contributed by atoms with Crippen molar-refractivity contribution in [2.24, 2.45) is 0 Å². The molecule has 0 aliphatic carbocycles. The van der Waals surface area contributed by atoms with E-state index in [0.717, 1.165) is 21.9 Å². The molecule has 0 aliphatic heterocycles. The van der Waals surface area contributed by atoms with Crippen LogP contribution in [0.1, 0.15) is 19.4 Å². The van der Waals surface area contributed by atoms with Crippen molar-refractivity contribution in [3.8, 4) is 17.2 Å². The number of methoxy groups -OCH3 is 2. The number of hydrogen-bond acceptors (Lipinski definition) is 6. The van der Waals surface area contributed by atoms with Crippen LogP contribution in [0.25, 0.3) is 0 Å². The summed E-state index contributed by atoms with van der Waals surface area (Å²) >= 11 is 0. The van der Waals surface area contributed by atoms with Crippen LogP contribution in [0.15, 0.2) is 42.5 Å². The van der Waals surface area contributed by atoms with Crippen LogP contribution in [0.2, 0.25) is 0 Å². The number of carbonyl (C=O) groups excluding carboxylic acids is 1. The highest BCUT2D eigenvalue weighted by Gasteiger charge is 2.24. The van der Waals surface area contributed by atoms with Crippen molar-refractivity contribution in [1.29, 1.82) is 0 Å². The SMILES string of the molecule is COc1ccc(N(CC(=O)NCc2ccc(OC(C)C)cc2)S(C)(=O)=O)c(OC)c1. The van der Waals surface area contributed by atoms with Gasteiger partial charge in [-0.05, 0) is 43.7 Å². The van der Waals surface area contributed by atoms with Gasteiger partial charge in [0.15, 0.2) is 0 Å². The van der Waals surface area contributed by atoms with Crippen LogP contribution >= 0.6 is 0 Å². The summed E-state index contributed by atoms with van der Waals surface area (Å²) in [6.45, 7) is 3.77. The lowest BCUT2D eigenvalue weighted by molar-refractivity contribution is -0.119. The van der Waals surface area contributed by atoms with Gasteiger partial charge in [0.25, 0.3) is 0 Å². The van der Waals surface area contributed by atoms with Crippen molar-refractivity contribution >= 4 is 21.6 Å². The largest absolute Gasteiger partial charge is 0.497 e. The van der Waals surface area contributed by atoms with Gasteiger partial charge in [-0.15, -0.1) is 0 Å². The van der Waals surface area contributed by atoms with Crippen molar-refractivity contribution < 1.29 is 27.4 Å². The number of anilines is 1. The van der Waals surface area contributed by atoms with Crippen molar-refractivity contribution in [2.45, 2.75) is 26.5 Å². The second-order valence-electron chi connectivity index (χ2n) is 6.89. The molecule has 2 rings (SSSR count). The minimum Gasteiger partial charge on any atom is -0.497 e. The number of carbonyl (C=O) groups is 1. The smallest absolute Gasteiger partial charge is 0.241 e. The quantitative estimate of drug-likeness (QED) is 0.615. The molecule has 164 valence electrons. The van der Waals surface area contributed by atoms with Crippen molar-refractivity contribution in [1.82, 2.24) is 5.32 Å². The first-order valence-corrected chi connectivity index (χ1v) is 11.2. The number of amides is 1. The number of nitrogens with zero attached hydrogens (tertiary/aromatic N) is 1. The standard InChI is InChI=1S/C21H28N2O6S/c1-15(2)29-17-8-6-16(7-9-17)13-22-21(24)14-23(30(5,25)26)19-11-10-18(27-3)12-20(19)28-4/h6-12,15H,13-14H2,1-5H3,(H,22,24). The van der Waals surface area contributed by atoms with Gasteiger partial charge in [0.1, 0.15) is 23.8 Å². The van der Waals surface area contributed by atoms with Gasteiger partial charge in [-0.3, -0.25) is 9.10 Å². The highest BCUT2D eigenvalue weighted by Crippen LogP contribution is 2.33. The molecular formula is C21H28N2O6S. The predicted octanol–water partition coefficient (Wildman–Crippen LogP) is 2.57. The molecular weight excluding hydrogens is 408 g/mol. The summed E-state index contributed by atoms with van der Waals surface area (Å²) in [5.41, 5.74) is 1.12. The van der Waals surface area contributed by atoms with Crippen molar-refractivity contribution in [3.63, 3.8) is 0 Å². The van der Waals surface area contributed by atoms with Gasteiger partial charge in [-0.1, -0.05) is 12.1 Å². The second kappa shape index (κ2) is 10.2. The summed E-state index contributed by atoms with van der Waals surface area (Å²) in [5, 5.41) is 2.74. The number of benzene rings is 2. The Labute approximate surface area is 177 Å². The van der Waals surface area contributed by atoms with E-state index < -0.39 is 15.9 Å². The van der Waals surface area contributed by atoms with Gasteiger partial charge in [-0.25, -0.2) is 8.42 Å². The molecule has 0 fully saturated rings. The third kappa shape index (κ3) is 6.55. The van der Waals surface area contributed by atoms with E-state index in [0.29, 0.717) is 5.75 Å². The van der Waals surface area contributed by atoms with Crippen LogP contribution < -0.4 is 23.8 Å². The first-order valence-electron chi connectivity index (χ1n) is 9.36. The molecule has 0 spiro atoms. The fraction of sp³-hybridized carbons (Fsp3) is 0.381. The first-order chi connectivity index (χ1) is 14.1. The lowest BCUT2D eigenvalue weighted by atomic mass is 10.2. The molecule has 1 amide bonds. The topological polar surface area (TPSA) is 94.2 Å². The van der Waals surface area contributed by atoms with Crippen LogP contribution in [-0.4, -0.2) is 47.4 Å². The third-order valence-corrected chi connectivity index (χ3v) is 5.25. The van der Waals surface area contributed by atoms with Crippen LogP contribution in [0, 0.1) is 0 Å². The average molecular weight is 437 g/mol. The molecule has 2 aromatic rings. The van der Waals surface area contributed by atoms with E-state index in [1.54, 1.807) is 18.2 Å². The second-order valence-corrected chi connectivity index (χ2v) is 8.80. The maximum absolute atomic E-state index is 12.5. The molecule has 0 heterocycles. The lowest BCUT2D eigenvalue weighted by Crippen LogP contribution is -2.40. The molecule has 8 nitrogen and oxygen atoms in total. The van der Waals surface area contributed by atoms with Gasteiger partial charge in [0, 0.05) is 12.6 Å². The molecule has 0 saturated heterocycles. The molecule has 0 atom stereocenters. The molecule has 0 unspecified atom stereocenters. The molecule has 0 saturated carbocycles. The monoisotopic (exact) mass is 436 g/mol. The molecule has 0 aromatic heterocycles. The van der Waals surface area contributed by atoms with Crippen LogP contribution in [0.4, 0.5) is 5.69 Å². The fourth-order valence-electron chi connectivity index (χ4n) is 2.72. The zero-order valence-electron chi connectivity index (χ0n) is 17.8. The Morgan fingerprint density at radius 2 is 1.67 bits per heavy atom. The van der Waals surface area contributed by atoms with Crippen molar-refractivity contribution in [2.75, 3.05) is 31.3 Å². The highest BCUT2D eigenvalue weighted by molar-refractivity contribution is 7.92. The highest BCUT2D eigenvalue weighted by atomic mass is 32.2. The zero-order chi connectivity index (χ0) is 22.3. The first kappa shape index (κ1) is 23.3. The minimum atomic E-state index is -3.73. The van der Waals surface area contributed by atoms with E-state index in [-0.39, 0.29) is 30.6 Å². The van der Waals surface area contributed by atoms with Crippen LogP contribution in [-0.2, 0) is 21.4 Å². The number of sulfonamides is 1.